The standard InChI is InChI=1S/C30H45N5O7/c1-5-6-13-33(14-7-12-31(2)3)27(37)19-34-18-22(21-8-9-24-25(17-21)42-20-41-24)28(29(38)39)23(34)10-16-35-26(36)11-15-32(4)30(35)40/h8-9,17,22-23,28H,5-7,10-16,18-20H2,1-4H3,(H,38,39)/t22-,23+,28-/m1/s1. The molecule has 0 aliphatic carbocycles. The monoisotopic (exact) mass is 587 g/mol. The lowest BCUT2D eigenvalue weighted by Crippen LogP contribution is -2.52. The van der Waals surface area contributed by atoms with Crippen LogP contribution in [0.25, 0.3) is 0 Å². The van der Waals surface area contributed by atoms with Gasteiger partial charge in [-0.1, -0.05) is 19.4 Å². The number of aliphatic carboxylic acids is 1. The number of ether oxygens (including phenoxy) is 2. The Hall–Kier alpha value is -3.38. The molecule has 3 atom stereocenters. The maximum atomic E-state index is 13.7. The Morgan fingerprint density at radius 2 is 1.81 bits per heavy atom. The third-order valence-electron chi connectivity index (χ3n) is 8.53. The summed E-state index contributed by atoms with van der Waals surface area (Å²) in [6.45, 7) is 5.24. The highest BCUT2D eigenvalue weighted by atomic mass is 16.7. The SMILES string of the molecule is CCCCN(CCCN(C)C)C(=O)CN1C[C@H](c2ccc3c(c2)OCO3)[C@@H](C(=O)O)[C@@H]1CCN1C(=O)CCN(C)C1=O. The molecule has 1 aromatic carbocycles. The Bertz CT molecular complexity index is 1150. The summed E-state index contributed by atoms with van der Waals surface area (Å²) < 4.78 is 11.0. The fraction of sp³-hybridized carbons (Fsp3) is 0.667. The third-order valence-corrected chi connectivity index (χ3v) is 8.53. The van der Waals surface area contributed by atoms with Gasteiger partial charge in [-0.3, -0.25) is 24.2 Å². The number of amides is 4. The molecule has 0 bridgehead atoms. The number of fused-ring (bicyclic) bond motifs is 1. The molecule has 3 heterocycles. The fourth-order valence-corrected chi connectivity index (χ4v) is 6.18. The van der Waals surface area contributed by atoms with E-state index in [1.807, 2.05) is 36.0 Å². The Morgan fingerprint density at radius 3 is 2.52 bits per heavy atom. The van der Waals surface area contributed by atoms with Crippen LogP contribution >= 0.6 is 0 Å². The van der Waals surface area contributed by atoms with E-state index in [0.29, 0.717) is 37.7 Å². The Balaban J connectivity index is 1.58. The number of imide groups is 1. The molecule has 12 nitrogen and oxygen atoms in total. The van der Waals surface area contributed by atoms with Crippen LogP contribution in [0.4, 0.5) is 4.79 Å². The van der Waals surface area contributed by atoms with E-state index in [1.165, 1.54) is 9.80 Å². The number of benzene rings is 1. The molecular formula is C30H45N5O7. The predicted molar refractivity (Wildman–Crippen MR) is 155 cm³/mol. The van der Waals surface area contributed by atoms with Gasteiger partial charge in [0.25, 0.3) is 0 Å². The predicted octanol–water partition coefficient (Wildman–Crippen LogP) is 2.14. The minimum atomic E-state index is -0.972. The van der Waals surface area contributed by atoms with Gasteiger partial charge in [-0.25, -0.2) is 4.79 Å². The molecule has 1 aromatic rings. The molecule has 0 saturated carbocycles. The average molecular weight is 588 g/mol. The molecule has 2 fully saturated rings. The van der Waals surface area contributed by atoms with Crippen LogP contribution in [0.2, 0.25) is 0 Å². The molecule has 232 valence electrons. The first kappa shape index (κ1) is 31.6. The zero-order chi connectivity index (χ0) is 30.4. The largest absolute Gasteiger partial charge is 0.481 e. The van der Waals surface area contributed by atoms with Gasteiger partial charge in [0.15, 0.2) is 11.5 Å². The van der Waals surface area contributed by atoms with Crippen molar-refractivity contribution in [2.75, 3.05) is 73.7 Å². The van der Waals surface area contributed by atoms with Crippen LogP contribution in [0, 0.1) is 5.92 Å². The van der Waals surface area contributed by atoms with Crippen molar-refractivity contribution in [3.63, 3.8) is 0 Å². The first-order valence-corrected chi connectivity index (χ1v) is 14.9. The van der Waals surface area contributed by atoms with Crippen molar-refractivity contribution < 1.29 is 33.8 Å². The van der Waals surface area contributed by atoms with Crippen molar-refractivity contribution in [2.24, 2.45) is 5.92 Å². The minimum absolute atomic E-state index is 0.0347. The molecule has 3 aliphatic rings. The minimum Gasteiger partial charge on any atom is -0.481 e. The summed E-state index contributed by atoms with van der Waals surface area (Å²) in [7, 11) is 5.66. The van der Waals surface area contributed by atoms with E-state index in [4.69, 9.17) is 9.47 Å². The normalized spacial score (nSPS) is 22.4. The topological polar surface area (TPSA) is 123 Å². The van der Waals surface area contributed by atoms with E-state index in [2.05, 4.69) is 11.8 Å². The smallest absolute Gasteiger partial charge is 0.326 e. The van der Waals surface area contributed by atoms with Crippen LogP contribution in [-0.4, -0.2) is 133 Å². The fourth-order valence-electron chi connectivity index (χ4n) is 6.18. The van der Waals surface area contributed by atoms with Crippen LogP contribution in [0.1, 0.15) is 50.5 Å². The van der Waals surface area contributed by atoms with Crippen molar-refractivity contribution >= 4 is 23.8 Å². The molecule has 0 unspecified atom stereocenters. The van der Waals surface area contributed by atoms with Gasteiger partial charge in [0.05, 0.1) is 12.5 Å². The second kappa shape index (κ2) is 14.2. The van der Waals surface area contributed by atoms with Crippen LogP contribution in [0.5, 0.6) is 11.5 Å². The number of carbonyl (C=O) groups excluding carboxylic acids is 3. The van der Waals surface area contributed by atoms with Gasteiger partial charge < -0.3 is 29.3 Å². The quantitative estimate of drug-likeness (QED) is 0.349. The van der Waals surface area contributed by atoms with Gasteiger partial charge in [0.2, 0.25) is 18.6 Å². The van der Waals surface area contributed by atoms with Gasteiger partial charge in [0, 0.05) is 58.2 Å². The Labute approximate surface area is 248 Å². The van der Waals surface area contributed by atoms with Crippen LogP contribution < -0.4 is 9.47 Å². The third kappa shape index (κ3) is 7.33. The number of nitrogens with zero attached hydrogens (tertiary/aromatic N) is 5. The molecule has 4 amide bonds. The summed E-state index contributed by atoms with van der Waals surface area (Å²) >= 11 is 0. The molecular weight excluding hydrogens is 542 g/mol. The maximum Gasteiger partial charge on any atom is 0.326 e. The number of hydrogen-bond acceptors (Lipinski definition) is 8. The maximum absolute atomic E-state index is 13.7. The summed E-state index contributed by atoms with van der Waals surface area (Å²) in [5, 5.41) is 10.5. The number of carboxylic acid groups (broad SMARTS) is 1. The zero-order valence-electron chi connectivity index (χ0n) is 25.3. The van der Waals surface area contributed by atoms with Crippen molar-refractivity contribution in [1.82, 2.24) is 24.5 Å². The zero-order valence-corrected chi connectivity index (χ0v) is 25.3. The van der Waals surface area contributed by atoms with Crippen molar-refractivity contribution in [2.45, 2.75) is 51.0 Å². The molecule has 0 spiro atoms. The molecule has 0 aromatic heterocycles. The van der Waals surface area contributed by atoms with Crippen molar-refractivity contribution in [3.8, 4) is 11.5 Å². The summed E-state index contributed by atoms with van der Waals surface area (Å²) in [6, 6.07) is 4.55. The number of carboxylic acids is 1. The van der Waals surface area contributed by atoms with Gasteiger partial charge in [0.1, 0.15) is 0 Å². The lowest BCUT2D eigenvalue weighted by molar-refractivity contribution is -0.144. The summed E-state index contributed by atoms with van der Waals surface area (Å²) in [5.41, 5.74) is 0.797. The Morgan fingerprint density at radius 1 is 1.07 bits per heavy atom. The molecule has 0 radical (unpaired) electrons. The van der Waals surface area contributed by atoms with E-state index in [1.54, 1.807) is 13.1 Å². The van der Waals surface area contributed by atoms with Crippen LogP contribution in [0.3, 0.4) is 0 Å². The van der Waals surface area contributed by atoms with Gasteiger partial charge in [-0.15, -0.1) is 0 Å². The molecule has 3 aliphatic heterocycles. The lowest BCUT2D eigenvalue weighted by Gasteiger charge is -2.34. The van der Waals surface area contributed by atoms with Crippen molar-refractivity contribution in [1.29, 1.82) is 0 Å². The number of urea groups is 1. The number of rotatable bonds is 14. The van der Waals surface area contributed by atoms with E-state index in [-0.39, 0.29) is 50.6 Å². The molecule has 2 saturated heterocycles. The van der Waals surface area contributed by atoms with Gasteiger partial charge in [-0.2, -0.15) is 0 Å². The summed E-state index contributed by atoms with van der Waals surface area (Å²) in [4.78, 5) is 60.6. The van der Waals surface area contributed by atoms with E-state index in [9.17, 15) is 24.3 Å². The highest BCUT2D eigenvalue weighted by Crippen LogP contribution is 2.42. The highest BCUT2D eigenvalue weighted by Gasteiger charge is 2.48. The second-order valence-corrected chi connectivity index (χ2v) is 11.8. The first-order valence-electron chi connectivity index (χ1n) is 14.9. The van der Waals surface area contributed by atoms with Crippen LogP contribution in [0.15, 0.2) is 18.2 Å². The number of unbranched alkanes of at least 4 members (excludes halogenated alkanes) is 1. The Kier molecular flexibility index (Phi) is 10.7. The number of likely N-dealkylation sites (tertiary alicyclic amines) is 1. The highest BCUT2D eigenvalue weighted by molar-refractivity contribution is 5.96. The van der Waals surface area contributed by atoms with Gasteiger partial charge in [-0.05, 0) is 57.6 Å². The summed E-state index contributed by atoms with van der Waals surface area (Å²) in [5.74, 6) is -1.34. The average Bonchev–Trinajstić information content (AvgIpc) is 3.56. The molecule has 1 N–H and O–H groups in total. The molecule has 12 heteroatoms. The molecule has 4 rings (SSSR count). The second-order valence-electron chi connectivity index (χ2n) is 11.8. The number of carbonyl (C=O) groups is 4. The van der Waals surface area contributed by atoms with E-state index < -0.39 is 23.8 Å². The molecule has 42 heavy (non-hydrogen) atoms. The first-order chi connectivity index (χ1) is 20.1. The summed E-state index contributed by atoms with van der Waals surface area (Å²) in [6.07, 6.45) is 3.18. The van der Waals surface area contributed by atoms with Gasteiger partial charge >= 0.3 is 12.0 Å². The van der Waals surface area contributed by atoms with Crippen LogP contribution in [-0.2, 0) is 14.4 Å². The van der Waals surface area contributed by atoms with E-state index >= 15 is 0 Å². The number of hydrogen-bond donors (Lipinski definition) is 1. The van der Waals surface area contributed by atoms with E-state index in [0.717, 1.165) is 31.4 Å². The lowest BCUT2D eigenvalue weighted by atomic mass is 9.84. The van der Waals surface area contributed by atoms with Crippen molar-refractivity contribution in [3.05, 3.63) is 23.8 Å².